The topological polar surface area (TPSA) is 124 Å². The van der Waals surface area contributed by atoms with Crippen LogP contribution in [0.3, 0.4) is 0 Å². The molecule has 3 aromatic rings. The molecule has 156 valence electrons. The number of aromatic nitrogens is 2. The largest absolute Gasteiger partial charge is 0.269 e. The van der Waals surface area contributed by atoms with Gasteiger partial charge in [0.2, 0.25) is 10.0 Å². The fraction of sp³-hybridized carbons (Fsp3) is 0.200. The summed E-state index contributed by atoms with van der Waals surface area (Å²) in [5.41, 5.74) is 2.02. The van der Waals surface area contributed by atoms with E-state index in [2.05, 4.69) is 9.82 Å². The number of amides is 1. The maximum Gasteiger partial charge on any atom is 0.269 e. The number of nitrogens with zero attached hydrogens (tertiary/aromatic N) is 3. The Kier molecular flexibility index (Phi) is 6.26. The zero-order valence-electron chi connectivity index (χ0n) is 16.2. The average molecular weight is 428 g/mol. The van der Waals surface area contributed by atoms with Gasteiger partial charge in [0.1, 0.15) is 0 Å². The van der Waals surface area contributed by atoms with Crippen molar-refractivity contribution in [3.63, 3.8) is 0 Å². The van der Waals surface area contributed by atoms with Crippen molar-refractivity contribution in [2.24, 2.45) is 0 Å². The van der Waals surface area contributed by atoms with Crippen LogP contribution in [0.15, 0.2) is 60.8 Å². The maximum absolute atomic E-state index is 12.6. The monoisotopic (exact) mass is 428 g/mol. The lowest BCUT2D eigenvalue weighted by Crippen LogP contribution is -2.32. The molecular weight excluding hydrogens is 408 g/mol. The first-order valence-corrected chi connectivity index (χ1v) is 10.8. The second-order valence-corrected chi connectivity index (χ2v) is 8.34. The molecule has 0 aliphatic rings. The fourth-order valence-corrected chi connectivity index (χ4v) is 4.13. The van der Waals surface area contributed by atoms with Crippen LogP contribution in [0.2, 0.25) is 0 Å². The van der Waals surface area contributed by atoms with Gasteiger partial charge in [-0.05, 0) is 17.5 Å². The summed E-state index contributed by atoms with van der Waals surface area (Å²) in [4.78, 5) is 22.7. The van der Waals surface area contributed by atoms with Gasteiger partial charge in [-0.3, -0.25) is 19.6 Å². The van der Waals surface area contributed by atoms with Crippen molar-refractivity contribution in [3.05, 3.63) is 93.3 Å². The van der Waals surface area contributed by atoms with Crippen LogP contribution in [0.25, 0.3) is 0 Å². The average Bonchev–Trinajstić information content (AvgIpc) is 3.11. The van der Waals surface area contributed by atoms with E-state index in [1.807, 2.05) is 37.3 Å². The number of nitro groups is 1. The summed E-state index contributed by atoms with van der Waals surface area (Å²) in [6.07, 6.45) is 1.86. The first-order chi connectivity index (χ1) is 14.3. The van der Waals surface area contributed by atoms with Crippen molar-refractivity contribution in [2.45, 2.75) is 25.6 Å². The van der Waals surface area contributed by atoms with E-state index in [4.69, 9.17) is 0 Å². The minimum atomic E-state index is -4.00. The number of carbonyl (C=O) groups excluding carboxylic acids is 1. The summed E-state index contributed by atoms with van der Waals surface area (Å²) in [6, 6.07) is 14.7. The van der Waals surface area contributed by atoms with Gasteiger partial charge in [-0.2, -0.15) is 5.10 Å². The molecule has 0 unspecified atom stereocenters. The lowest BCUT2D eigenvalue weighted by atomic mass is 10.2. The zero-order chi connectivity index (χ0) is 21.7. The highest BCUT2D eigenvalue weighted by Gasteiger charge is 2.22. The van der Waals surface area contributed by atoms with Crippen LogP contribution in [-0.2, 0) is 28.7 Å². The summed E-state index contributed by atoms with van der Waals surface area (Å²) >= 11 is 0. The molecule has 0 aliphatic heterocycles. The summed E-state index contributed by atoms with van der Waals surface area (Å²) in [6.45, 7) is 2.33. The molecule has 10 heteroatoms. The van der Waals surface area contributed by atoms with E-state index < -0.39 is 26.6 Å². The molecule has 30 heavy (non-hydrogen) atoms. The molecule has 0 fully saturated rings. The molecule has 0 saturated heterocycles. The number of hydrogen-bond donors (Lipinski definition) is 1. The van der Waals surface area contributed by atoms with Crippen LogP contribution in [0.4, 0.5) is 5.69 Å². The number of nitro benzene ring substituents is 1. The fourth-order valence-electron chi connectivity index (χ4n) is 3.03. The van der Waals surface area contributed by atoms with Crippen LogP contribution in [0, 0.1) is 10.1 Å². The highest BCUT2D eigenvalue weighted by molar-refractivity contribution is 7.89. The zero-order valence-corrected chi connectivity index (χ0v) is 17.0. The number of benzene rings is 2. The van der Waals surface area contributed by atoms with Gasteiger partial charge in [-0.15, -0.1) is 0 Å². The second kappa shape index (κ2) is 8.87. The highest BCUT2D eigenvalue weighted by Crippen LogP contribution is 2.15. The van der Waals surface area contributed by atoms with E-state index in [0.29, 0.717) is 24.2 Å². The standard InChI is InChI=1S/C20H20N4O5S/c1-2-19-18(12-21-23(19)13-15-6-4-3-5-7-15)20(25)22-30(28,29)14-16-8-10-17(11-9-16)24(26)27/h3-12H,2,13-14H2,1H3,(H,22,25). The van der Waals surface area contributed by atoms with Crippen LogP contribution < -0.4 is 4.72 Å². The smallest absolute Gasteiger partial charge is 0.268 e. The maximum atomic E-state index is 12.6. The Morgan fingerprint density at radius 2 is 1.77 bits per heavy atom. The molecule has 0 aliphatic carbocycles. The predicted octanol–water partition coefficient (Wildman–Crippen LogP) is 2.66. The van der Waals surface area contributed by atoms with Crippen molar-refractivity contribution in [3.8, 4) is 0 Å². The van der Waals surface area contributed by atoms with Gasteiger partial charge < -0.3 is 0 Å². The van der Waals surface area contributed by atoms with E-state index in [1.54, 1.807) is 4.68 Å². The first kappa shape index (κ1) is 21.2. The van der Waals surface area contributed by atoms with Crippen LogP contribution in [0.1, 0.15) is 34.1 Å². The third-order valence-corrected chi connectivity index (χ3v) is 5.67. The molecule has 1 aromatic heterocycles. The van der Waals surface area contributed by atoms with Crippen LogP contribution in [-0.4, -0.2) is 29.0 Å². The summed E-state index contributed by atoms with van der Waals surface area (Å²) in [5.74, 6) is -1.23. The molecule has 9 nitrogen and oxygen atoms in total. The summed E-state index contributed by atoms with van der Waals surface area (Å²) in [7, 11) is -4.00. The molecule has 1 N–H and O–H groups in total. The number of sulfonamides is 1. The van der Waals surface area contributed by atoms with Gasteiger partial charge in [0.05, 0.1) is 34.7 Å². The van der Waals surface area contributed by atoms with Crippen molar-refractivity contribution in [2.75, 3.05) is 0 Å². The van der Waals surface area contributed by atoms with Crippen molar-refractivity contribution >= 4 is 21.6 Å². The van der Waals surface area contributed by atoms with Crippen molar-refractivity contribution in [1.29, 1.82) is 0 Å². The minimum Gasteiger partial charge on any atom is -0.268 e. The lowest BCUT2D eigenvalue weighted by Gasteiger charge is -2.09. The van der Waals surface area contributed by atoms with Gasteiger partial charge in [-0.25, -0.2) is 13.1 Å². The molecule has 0 spiro atoms. The lowest BCUT2D eigenvalue weighted by molar-refractivity contribution is -0.384. The van der Waals surface area contributed by atoms with Gasteiger partial charge in [0.25, 0.3) is 11.6 Å². The Bertz CT molecular complexity index is 1160. The Balaban J connectivity index is 1.73. The first-order valence-electron chi connectivity index (χ1n) is 9.16. The van der Waals surface area contributed by atoms with Crippen molar-refractivity contribution in [1.82, 2.24) is 14.5 Å². The number of nitrogens with one attached hydrogen (secondary N) is 1. The van der Waals surface area contributed by atoms with Gasteiger partial charge in [0.15, 0.2) is 0 Å². The van der Waals surface area contributed by atoms with E-state index in [9.17, 15) is 23.3 Å². The SMILES string of the molecule is CCc1c(C(=O)NS(=O)(=O)Cc2ccc([N+](=O)[O-])cc2)cnn1Cc1ccccc1. The molecule has 3 rings (SSSR count). The van der Waals surface area contributed by atoms with E-state index in [0.717, 1.165) is 5.56 Å². The van der Waals surface area contributed by atoms with E-state index >= 15 is 0 Å². The minimum absolute atomic E-state index is 0.140. The van der Waals surface area contributed by atoms with Gasteiger partial charge in [-0.1, -0.05) is 49.4 Å². The molecular formula is C20H20N4O5S. The highest BCUT2D eigenvalue weighted by atomic mass is 32.2. The van der Waals surface area contributed by atoms with Gasteiger partial charge >= 0.3 is 0 Å². The summed E-state index contributed by atoms with van der Waals surface area (Å²) in [5, 5.41) is 14.9. The van der Waals surface area contributed by atoms with Gasteiger partial charge in [0, 0.05) is 12.1 Å². The molecule has 1 amide bonds. The number of hydrogen-bond acceptors (Lipinski definition) is 6. The number of carbonyl (C=O) groups is 1. The molecule has 0 atom stereocenters. The molecule has 0 saturated carbocycles. The molecule has 0 radical (unpaired) electrons. The number of non-ortho nitro benzene ring substituents is 1. The third kappa shape index (κ3) is 5.09. The quantitative estimate of drug-likeness (QED) is 0.434. The van der Waals surface area contributed by atoms with Crippen LogP contribution >= 0.6 is 0 Å². The van der Waals surface area contributed by atoms with E-state index in [1.165, 1.54) is 30.5 Å². The van der Waals surface area contributed by atoms with Crippen molar-refractivity contribution < 1.29 is 18.1 Å². The Morgan fingerprint density at radius 3 is 2.37 bits per heavy atom. The second-order valence-electron chi connectivity index (χ2n) is 6.62. The van der Waals surface area contributed by atoms with E-state index in [-0.39, 0.29) is 11.3 Å². The normalized spacial score (nSPS) is 11.2. The Hall–Kier alpha value is -3.53. The number of rotatable bonds is 8. The predicted molar refractivity (Wildman–Crippen MR) is 110 cm³/mol. The molecule has 2 aromatic carbocycles. The Labute approximate surface area is 173 Å². The summed E-state index contributed by atoms with van der Waals surface area (Å²) < 4.78 is 28.5. The third-order valence-electron chi connectivity index (χ3n) is 4.46. The Morgan fingerprint density at radius 1 is 1.10 bits per heavy atom. The molecule has 1 heterocycles. The van der Waals surface area contributed by atoms with Crippen LogP contribution in [0.5, 0.6) is 0 Å². The molecule has 0 bridgehead atoms.